The van der Waals surface area contributed by atoms with E-state index in [4.69, 9.17) is 4.74 Å². The molecule has 94 valence electrons. The van der Waals surface area contributed by atoms with E-state index in [1.165, 1.54) is 0 Å². The van der Waals surface area contributed by atoms with Crippen LogP contribution in [0.3, 0.4) is 0 Å². The highest BCUT2D eigenvalue weighted by atomic mass is 16.5. The summed E-state index contributed by atoms with van der Waals surface area (Å²) < 4.78 is 5.45. The SMILES string of the molecule is CCN(CC)CCC(=O)NCC1CCCO1. The molecule has 1 heterocycles. The predicted molar refractivity (Wildman–Crippen MR) is 64.4 cm³/mol. The summed E-state index contributed by atoms with van der Waals surface area (Å²) in [5, 5.41) is 2.94. The Balaban J connectivity index is 2.05. The van der Waals surface area contributed by atoms with Gasteiger partial charge in [0, 0.05) is 26.1 Å². The number of hydrogen-bond acceptors (Lipinski definition) is 3. The lowest BCUT2D eigenvalue weighted by atomic mass is 10.2. The lowest BCUT2D eigenvalue weighted by molar-refractivity contribution is -0.121. The van der Waals surface area contributed by atoms with E-state index in [1.54, 1.807) is 0 Å². The zero-order valence-corrected chi connectivity index (χ0v) is 10.5. The van der Waals surface area contributed by atoms with Crippen LogP contribution in [0.5, 0.6) is 0 Å². The van der Waals surface area contributed by atoms with Crippen molar-refractivity contribution in [1.29, 1.82) is 0 Å². The summed E-state index contributed by atoms with van der Waals surface area (Å²) in [6.07, 6.45) is 3.04. The zero-order valence-electron chi connectivity index (χ0n) is 10.5. The molecule has 1 aliphatic heterocycles. The molecule has 0 aliphatic carbocycles. The Kier molecular flexibility index (Phi) is 6.42. The van der Waals surface area contributed by atoms with Gasteiger partial charge in [0.2, 0.25) is 5.91 Å². The lowest BCUT2D eigenvalue weighted by Gasteiger charge is -2.17. The maximum Gasteiger partial charge on any atom is 0.221 e. The largest absolute Gasteiger partial charge is 0.376 e. The van der Waals surface area contributed by atoms with Crippen molar-refractivity contribution in [3.63, 3.8) is 0 Å². The van der Waals surface area contributed by atoms with Gasteiger partial charge in [0.25, 0.3) is 0 Å². The van der Waals surface area contributed by atoms with Crippen LogP contribution in [0.1, 0.15) is 33.1 Å². The fourth-order valence-corrected chi connectivity index (χ4v) is 1.92. The summed E-state index contributed by atoms with van der Waals surface area (Å²) in [7, 11) is 0. The molecular weight excluding hydrogens is 204 g/mol. The molecule has 0 aromatic heterocycles. The highest BCUT2D eigenvalue weighted by Crippen LogP contribution is 2.10. The van der Waals surface area contributed by atoms with Crippen LogP contribution in [-0.2, 0) is 9.53 Å². The van der Waals surface area contributed by atoms with Crippen molar-refractivity contribution in [1.82, 2.24) is 10.2 Å². The molecule has 4 nitrogen and oxygen atoms in total. The van der Waals surface area contributed by atoms with Gasteiger partial charge in [0.1, 0.15) is 0 Å². The maximum atomic E-state index is 11.5. The van der Waals surface area contributed by atoms with Crippen LogP contribution in [0.4, 0.5) is 0 Å². The van der Waals surface area contributed by atoms with E-state index in [2.05, 4.69) is 24.1 Å². The molecule has 1 aliphatic rings. The Bertz CT molecular complexity index is 191. The monoisotopic (exact) mass is 228 g/mol. The molecule has 1 amide bonds. The summed E-state index contributed by atoms with van der Waals surface area (Å²) >= 11 is 0. The van der Waals surface area contributed by atoms with Crippen molar-refractivity contribution in [3.8, 4) is 0 Å². The summed E-state index contributed by atoms with van der Waals surface area (Å²) in [5.74, 6) is 0.141. The smallest absolute Gasteiger partial charge is 0.221 e. The van der Waals surface area contributed by atoms with Gasteiger partial charge in [-0.15, -0.1) is 0 Å². The Morgan fingerprint density at radius 2 is 2.19 bits per heavy atom. The second kappa shape index (κ2) is 7.63. The topological polar surface area (TPSA) is 41.6 Å². The third kappa shape index (κ3) is 4.94. The highest BCUT2D eigenvalue weighted by Gasteiger charge is 2.16. The molecule has 0 radical (unpaired) electrons. The fourth-order valence-electron chi connectivity index (χ4n) is 1.92. The first-order valence-corrected chi connectivity index (χ1v) is 6.37. The van der Waals surface area contributed by atoms with Gasteiger partial charge in [-0.1, -0.05) is 13.8 Å². The molecule has 0 aromatic carbocycles. The molecule has 0 saturated carbocycles. The number of carbonyl (C=O) groups is 1. The fraction of sp³-hybridized carbons (Fsp3) is 0.917. The van der Waals surface area contributed by atoms with Crippen LogP contribution < -0.4 is 5.32 Å². The van der Waals surface area contributed by atoms with Crippen molar-refractivity contribution >= 4 is 5.91 Å². The number of nitrogens with zero attached hydrogens (tertiary/aromatic N) is 1. The van der Waals surface area contributed by atoms with Gasteiger partial charge < -0.3 is 15.0 Å². The van der Waals surface area contributed by atoms with Crippen molar-refractivity contribution < 1.29 is 9.53 Å². The summed E-state index contributed by atoms with van der Waals surface area (Å²) in [5.41, 5.74) is 0. The minimum atomic E-state index is 0.141. The predicted octanol–water partition coefficient (Wildman–Crippen LogP) is 1.01. The number of amides is 1. The minimum Gasteiger partial charge on any atom is -0.376 e. The average Bonchev–Trinajstić information content (AvgIpc) is 2.80. The summed E-state index contributed by atoms with van der Waals surface area (Å²) in [6, 6.07) is 0. The Morgan fingerprint density at radius 3 is 2.75 bits per heavy atom. The van der Waals surface area contributed by atoms with E-state index in [1.807, 2.05) is 0 Å². The first kappa shape index (κ1) is 13.5. The first-order valence-electron chi connectivity index (χ1n) is 6.37. The van der Waals surface area contributed by atoms with Crippen molar-refractivity contribution in [3.05, 3.63) is 0 Å². The van der Waals surface area contributed by atoms with Crippen LogP contribution in [0, 0.1) is 0 Å². The quantitative estimate of drug-likeness (QED) is 0.707. The molecule has 1 N–H and O–H groups in total. The summed E-state index contributed by atoms with van der Waals surface area (Å²) in [6.45, 7) is 8.63. The van der Waals surface area contributed by atoms with Crippen LogP contribution >= 0.6 is 0 Å². The van der Waals surface area contributed by atoms with E-state index in [0.29, 0.717) is 13.0 Å². The Hall–Kier alpha value is -0.610. The average molecular weight is 228 g/mol. The molecule has 1 saturated heterocycles. The molecular formula is C12H24N2O2. The van der Waals surface area contributed by atoms with Crippen LogP contribution in [0.2, 0.25) is 0 Å². The number of ether oxygens (including phenoxy) is 1. The molecule has 1 atom stereocenters. The molecule has 0 spiro atoms. The normalized spacial score (nSPS) is 20.3. The van der Waals surface area contributed by atoms with E-state index in [-0.39, 0.29) is 12.0 Å². The van der Waals surface area contributed by atoms with E-state index in [0.717, 1.165) is 39.1 Å². The first-order chi connectivity index (χ1) is 7.76. The van der Waals surface area contributed by atoms with Crippen LogP contribution in [-0.4, -0.2) is 49.7 Å². The van der Waals surface area contributed by atoms with Crippen molar-refractivity contribution in [2.75, 3.05) is 32.8 Å². The number of rotatable bonds is 7. The molecule has 1 unspecified atom stereocenters. The maximum absolute atomic E-state index is 11.5. The number of carbonyl (C=O) groups excluding carboxylic acids is 1. The number of nitrogens with one attached hydrogen (secondary N) is 1. The van der Waals surface area contributed by atoms with Gasteiger partial charge in [0.05, 0.1) is 6.10 Å². The van der Waals surface area contributed by atoms with Gasteiger partial charge in [-0.3, -0.25) is 4.79 Å². The Morgan fingerprint density at radius 1 is 1.44 bits per heavy atom. The molecule has 0 bridgehead atoms. The van der Waals surface area contributed by atoms with Gasteiger partial charge >= 0.3 is 0 Å². The molecule has 1 fully saturated rings. The van der Waals surface area contributed by atoms with Gasteiger partial charge in [0.15, 0.2) is 0 Å². The van der Waals surface area contributed by atoms with E-state index < -0.39 is 0 Å². The second-order valence-electron chi connectivity index (χ2n) is 4.22. The van der Waals surface area contributed by atoms with E-state index >= 15 is 0 Å². The highest BCUT2D eigenvalue weighted by molar-refractivity contribution is 5.76. The third-order valence-corrected chi connectivity index (χ3v) is 3.10. The third-order valence-electron chi connectivity index (χ3n) is 3.10. The van der Waals surface area contributed by atoms with Gasteiger partial charge in [-0.25, -0.2) is 0 Å². The standard InChI is InChI=1S/C12H24N2O2/c1-3-14(4-2)8-7-12(15)13-10-11-6-5-9-16-11/h11H,3-10H2,1-2H3,(H,13,15). The molecule has 1 rings (SSSR count). The molecule has 0 aromatic rings. The van der Waals surface area contributed by atoms with Gasteiger partial charge in [-0.2, -0.15) is 0 Å². The second-order valence-corrected chi connectivity index (χ2v) is 4.22. The van der Waals surface area contributed by atoms with E-state index in [9.17, 15) is 4.79 Å². The lowest BCUT2D eigenvalue weighted by Crippen LogP contribution is -2.34. The van der Waals surface area contributed by atoms with Crippen LogP contribution in [0.15, 0.2) is 0 Å². The summed E-state index contributed by atoms with van der Waals surface area (Å²) in [4.78, 5) is 13.8. The van der Waals surface area contributed by atoms with Crippen LogP contribution in [0.25, 0.3) is 0 Å². The van der Waals surface area contributed by atoms with Crippen molar-refractivity contribution in [2.45, 2.75) is 39.2 Å². The van der Waals surface area contributed by atoms with Crippen molar-refractivity contribution in [2.24, 2.45) is 0 Å². The minimum absolute atomic E-state index is 0.141. The zero-order chi connectivity index (χ0) is 11.8. The Labute approximate surface area is 98.3 Å². The molecule has 16 heavy (non-hydrogen) atoms. The molecule has 4 heteroatoms. The number of hydrogen-bond donors (Lipinski definition) is 1. The van der Waals surface area contributed by atoms with Gasteiger partial charge in [-0.05, 0) is 25.9 Å².